The van der Waals surface area contributed by atoms with Crippen molar-refractivity contribution in [3.63, 3.8) is 0 Å². The second kappa shape index (κ2) is 9.72. The molecule has 21 heavy (non-hydrogen) atoms. The predicted octanol–water partition coefficient (Wildman–Crippen LogP) is 1.35. The fraction of sp³-hybridized carbons (Fsp3) is 0.333. The molecule has 0 aliphatic carbocycles. The van der Waals surface area contributed by atoms with E-state index in [1.807, 2.05) is 30.3 Å². The number of carboxylic acid groups (broad SMARTS) is 1. The first kappa shape index (κ1) is 16.9. The lowest BCUT2D eigenvalue weighted by Crippen LogP contribution is -2.47. The molecular formula is C15H18N2O3S. The summed E-state index contributed by atoms with van der Waals surface area (Å²) in [4.78, 5) is 22.8. The van der Waals surface area contributed by atoms with E-state index < -0.39 is 18.0 Å². The summed E-state index contributed by atoms with van der Waals surface area (Å²) in [6.45, 7) is 0.440. The number of carbonyl (C=O) groups is 2. The van der Waals surface area contributed by atoms with E-state index in [-0.39, 0.29) is 6.42 Å². The number of thioether (sulfide) groups is 1. The molecule has 6 heteroatoms. The number of aliphatic carboxylic acids is 1. The molecule has 0 aliphatic heterocycles. The highest BCUT2D eigenvalue weighted by Crippen LogP contribution is 2.03. The highest BCUT2D eigenvalue weighted by Gasteiger charge is 2.19. The van der Waals surface area contributed by atoms with E-state index in [1.165, 1.54) is 11.8 Å². The van der Waals surface area contributed by atoms with Crippen LogP contribution in [0.2, 0.25) is 0 Å². The lowest BCUT2D eigenvalue weighted by atomic mass is 10.1. The molecule has 112 valence electrons. The lowest BCUT2D eigenvalue weighted by Gasteiger charge is -2.15. The Balaban J connectivity index is 2.38. The van der Waals surface area contributed by atoms with E-state index >= 15 is 0 Å². The Morgan fingerprint density at radius 2 is 2.05 bits per heavy atom. The van der Waals surface area contributed by atoms with E-state index in [1.54, 1.807) is 0 Å². The molecule has 5 nitrogen and oxygen atoms in total. The van der Waals surface area contributed by atoms with Crippen LogP contribution in [0.15, 0.2) is 30.3 Å². The van der Waals surface area contributed by atoms with Crippen molar-refractivity contribution in [3.05, 3.63) is 35.9 Å². The Morgan fingerprint density at radius 1 is 1.33 bits per heavy atom. The quantitative estimate of drug-likeness (QED) is 0.500. The number of amides is 2. The monoisotopic (exact) mass is 306 g/mol. The van der Waals surface area contributed by atoms with E-state index in [4.69, 9.17) is 11.5 Å². The van der Waals surface area contributed by atoms with Gasteiger partial charge in [0.05, 0.1) is 5.75 Å². The first-order valence-electron chi connectivity index (χ1n) is 6.45. The summed E-state index contributed by atoms with van der Waals surface area (Å²) in [5.74, 6) is 2.71. The maximum absolute atomic E-state index is 11.6. The molecule has 0 spiro atoms. The first-order chi connectivity index (χ1) is 10.1. The molecule has 3 N–H and O–H groups in total. The first-order valence-corrected chi connectivity index (χ1v) is 7.61. The fourth-order valence-corrected chi connectivity index (χ4v) is 2.14. The highest BCUT2D eigenvalue weighted by atomic mass is 32.2. The van der Waals surface area contributed by atoms with Crippen molar-refractivity contribution < 1.29 is 14.7 Å². The third-order valence-electron chi connectivity index (χ3n) is 2.60. The molecule has 0 unspecified atom stereocenters. The van der Waals surface area contributed by atoms with Gasteiger partial charge in [-0.15, -0.1) is 18.2 Å². The summed E-state index contributed by atoms with van der Waals surface area (Å²) in [6.07, 6.45) is 5.35. The third-order valence-corrected chi connectivity index (χ3v) is 3.47. The van der Waals surface area contributed by atoms with Crippen molar-refractivity contribution in [3.8, 4) is 12.3 Å². The van der Waals surface area contributed by atoms with Gasteiger partial charge in [0.2, 0.25) is 0 Å². The maximum atomic E-state index is 11.6. The van der Waals surface area contributed by atoms with E-state index in [2.05, 4.69) is 16.6 Å². The van der Waals surface area contributed by atoms with Gasteiger partial charge in [-0.05, 0) is 5.56 Å². The summed E-state index contributed by atoms with van der Waals surface area (Å²) in [5, 5.41) is 14.2. The molecule has 0 aliphatic rings. The number of carboxylic acids is 1. The Hall–Kier alpha value is -2.13. The van der Waals surface area contributed by atoms with Crippen LogP contribution in [0.5, 0.6) is 0 Å². The van der Waals surface area contributed by atoms with Crippen molar-refractivity contribution >= 4 is 23.8 Å². The van der Waals surface area contributed by atoms with Crippen molar-refractivity contribution in [2.45, 2.75) is 12.5 Å². The molecule has 1 rings (SSSR count). The molecule has 0 bridgehead atoms. The van der Waals surface area contributed by atoms with E-state index in [0.717, 1.165) is 5.56 Å². The van der Waals surface area contributed by atoms with Crippen LogP contribution in [0.3, 0.4) is 0 Å². The maximum Gasteiger partial charge on any atom is 0.326 e. The number of hydrogen-bond donors (Lipinski definition) is 3. The van der Waals surface area contributed by atoms with Crippen molar-refractivity contribution in [1.29, 1.82) is 0 Å². The second-order valence-electron chi connectivity index (χ2n) is 4.24. The zero-order valence-corrected chi connectivity index (χ0v) is 12.4. The minimum Gasteiger partial charge on any atom is -0.480 e. The number of benzene rings is 1. The zero-order valence-electron chi connectivity index (χ0n) is 11.5. The van der Waals surface area contributed by atoms with Gasteiger partial charge in [0.1, 0.15) is 6.04 Å². The zero-order chi connectivity index (χ0) is 15.5. The van der Waals surface area contributed by atoms with Crippen LogP contribution in [0.1, 0.15) is 5.56 Å². The number of rotatable bonds is 8. The van der Waals surface area contributed by atoms with Gasteiger partial charge in [-0.2, -0.15) is 0 Å². The topological polar surface area (TPSA) is 78.4 Å². The normalized spacial score (nSPS) is 11.2. The molecule has 2 amide bonds. The van der Waals surface area contributed by atoms with Crippen LogP contribution in [0.25, 0.3) is 0 Å². The molecule has 0 fully saturated rings. The number of carbonyl (C=O) groups excluding carboxylic acids is 1. The molecule has 0 aromatic heterocycles. The van der Waals surface area contributed by atoms with Crippen molar-refractivity contribution in [2.75, 3.05) is 18.1 Å². The minimum absolute atomic E-state index is 0.245. The molecule has 1 atom stereocenters. The van der Waals surface area contributed by atoms with Gasteiger partial charge in [-0.1, -0.05) is 36.3 Å². The Labute approximate surface area is 128 Å². The summed E-state index contributed by atoms with van der Waals surface area (Å²) >= 11 is 1.53. The molecule has 0 saturated heterocycles. The van der Waals surface area contributed by atoms with Crippen LogP contribution in [-0.4, -0.2) is 41.2 Å². The Kier molecular flexibility index (Phi) is 7.84. The second-order valence-corrected chi connectivity index (χ2v) is 5.34. The summed E-state index contributed by atoms with van der Waals surface area (Å²) in [5.41, 5.74) is 0.856. The SMILES string of the molecule is C#CCSCCNC(=O)N[C@H](Cc1ccccc1)C(=O)O. The Morgan fingerprint density at radius 3 is 2.67 bits per heavy atom. The van der Waals surface area contributed by atoms with Crippen molar-refractivity contribution in [2.24, 2.45) is 0 Å². The van der Waals surface area contributed by atoms with Gasteiger partial charge in [0.15, 0.2) is 0 Å². The van der Waals surface area contributed by atoms with Gasteiger partial charge < -0.3 is 15.7 Å². The van der Waals surface area contributed by atoms with E-state index in [9.17, 15) is 9.59 Å². The molecule has 1 aromatic rings. The molecule has 1 aromatic carbocycles. The average Bonchev–Trinajstić information content (AvgIpc) is 2.47. The van der Waals surface area contributed by atoms with Crippen molar-refractivity contribution in [1.82, 2.24) is 10.6 Å². The molecular weight excluding hydrogens is 288 g/mol. The fourth-order valence-electron chi connectivity index (χ4n) is 1.63. The number of urea groups is 1. The number of hydrogen-bond acceptors (Lipinski definition) is 3. The molecule has 0 saturated carbocycles. The predicted molar refractivity (Wildman–Crippen MR) is 84.3 cm³/mol. The standard InChI is InChI=1S/C15H18N2O3S/c1-2-9-21-10-8-16-15(20)17-13(14(18)19)11-12-6-4-3-5-7-12/h1,3-7,13H,8-11H2,(H,18,19)(H2,16,17,20)/t13-/m1/s1. The molecule has 0 radical (unpaired) electrons. The van der Waals surface area contributed by atoms with Crippen LogP contribution in [0.4, 0.5) is 4.79 Å². The number of terminal acetylenes is 1. The highest BCUT2D eigenvalue weighted by molar-refractivity contribution is 7.99. The average molecular weight is 306 g/mol. The van der Waals surface area contributed by atoms with Crippen LogP contribution < -0.4 is 10.6 Å². The minimum atomic E-state index is -1.06. The molecule has 0 heterocycles. The van der Waals surface area contributed by atoms with Gasteiger partial charge in [-0.3, -0.25) is 0 Å². The van der Waals surface area contributed by atoms with E-state index in [0.29, 0.717) is 18.1 Å². The number of nitrogens with one attached hydrogen (secondary N) is 2. The third kappa shape index (κ3) is 7.28. The van der Waals surface area contributed by atoms with Gasteiger partial charge in [0.25, 0.3) is 0 Å². The smallest absolute Gasteiger partial charge is 0.326 e. The van der Waals surface area contributed by atoms with Crippen LogP contribution >= 0.6 is 11.8 Å². The summed E-state index contributed by atoms with van der Waals surface area (Å²) in [6, 6.07) is 7.73. The van der Waals surface area contributed by atoms with Gasteiger partial charge in [-0.25, -0.2) is 9.59 Å². The van der Waals surface area contributed by atoms with Gasteiger partial charge >= 0.3 is 12.0 Å². The van der Waals surface area contributed by atoms with Gasteiger partial charge in [0, 0.05) is 18.7 Å². The summed E-state index contributed by atoms with van der Waals surface area (Å²) in [7, 11) is 0. The van der Waals surface area contributed by atoms with Crippen LogP contribution in [0, 0.1) is 12.3 Å². The largest absolute Gasteiger partial charge is 0.480 e. The van der Waals surface area contributed by atoms with Crippen LogP contribution in [-0.2, 0) is 11.2 Å². The summed E-state index contributed by atoms with van der Waals surface area (Å²) < 4.78 is 0. The Bertz CT molecular complexity index is 499. The lowest BCUT2D eigenvalue weighted by molar-refractivity contribution is -0.139.